The van der Waals surface area contributed by atoms with Crippen molar-refractivity contribution in [1.82, 2.24) is 10.6 Å². The Morgan fingerprint density at radius 3 is 2.27 bits per heavy atom. The molecule has 7 heteroatoms. The first-order chi connectivity index (χ1) is 10.5. The number of hydrogen-bond acceptors (Lipinski definition) is 4. The summed E-state index contributed by atoms with van der Waals surface area (Å²) in [7, 11) is -3.30. The molecule has 1 amide bonds. The van der Waals surface area contributed by atoms with E-state index in [1.54, 1.807) is 24.3 Å². The van der Waals surface area contributed by atoms with Crippen LogP contribution >= 0.6 is 0 Å². The first-order valence-electron chi connectivity index (χ1n) is 7.58. The third-order valence-electron chi connectivity index (χ3n) is 2.91. The minimum Gasteiger partial charge on any atom is -0.351 e. The molecule has 0 unspecified atom stereocenters. The number of rotatable bonds is 10. The van der Waals surface area contributed by atoms with Crippen LogP contribution in [0.3, 0.4) is 0 Å². The molecule has 0 spiro atoms. The van der Waals surface area contributed by atoms with Crippen molar-refractivity contribution in [2.45, 2.75) is 26.7 Å². The van der Waals surface area contributed by atoms with Crippen LogP contribution in [0, 0.1) is 0 Å². The van der Waals surface area contributed by atoms with Crippen LogP contribution in [0.25, 0.3) is 0 Å². The highest BCUT2D eigenvalue weighted by atomic mass is 32.2. The number of sulfonamides is 1. The van der Waals surface area contributed by atoms with E-state index < -0.39 is 10.0 Å². The predicted molar refractivity (Wildman–Crippen MR) is 89.6 cm³/mol. The molecule has 0 aliphatic rings. The Morgan fingerprint density at radius 1 is 1.00 bits per heavy atom. The van der Waals surface area contributed by atoms with Crippen LogP contribution in [0.2, 0.25) is 0 Å². The maximum absolute atomic E-state index is 11.9. The summed E-state index contributed by atoms with van der Waals surface area (Å²) in [5, 5.41) is 6.00. The fraction of sp³-hybridized carbons (Fsp3) is 0.533. The van der Waals surface area contributed by atoms with Gasteiger partial charge in [-0.25, -0.2) is 8.42 Å². The van der Waals surface area contributed by atoms with E-state index in [2.05, 4.69) is 22.3 Å². The van der Waals surface area contributed by atoms with Crippen LogP contribution < -0.4 is 15.4 Å². The number of nitrogens with one attached hydrogen (secondary N) is 3. The summed E-state index contributed by atoms with van der Waals surface area (Å²) in [4.78, 5) is 11.9. The predicted octanol–water partition coefficient (Wildman–Crippen LogP) is 1.57. The Hall–Kier alpha value is -1.60. The van der Waals surface area contributed by atoms with Crippen molar-refractivity contribution in [3.05, 3.63) is 29.8 Å². The van der Waals surface area contributed by atoms with E-state index >= 15 is 0 Å². The number of hydrogen-bond donors (Lipinski definition) is 3. The van der Waals surface area contributed by atoms with Gasteiger partial charge in [-0.1, -0.05) is 13.8 Å². The summed E-state index contributed by atoms with van der Waals surface area (Å²) in [5.74, 6) is -0.0822. The summed E-state index contributed by atoms with van der Waals surface area (Å²) in [6.45, 7) is 6.12. The van der Waals surface area contributed by atoms with Crippen molar-refractivity contribution in [3.8, 4) is 0 Å². The second kappa shape index (κ2) is 9.42. The second-order valence-electron chi connectivity index (χ2n) is 5.00. The van der Waals surface area contributed by atoms with E-state index in [1.807, 2.05) is 6.92 Å². The monoisotopic (exact) mass is 327 g/mol. The summed E-state index contributed by atoms with van der Waals surface area (Å²) < 4.78 is 25.8. The van der Waals surface area contributed by atoms with Gasteiger partial charge < -0.3 is 10.6 Å². The maximum Gasteiger partial charge on any atom is 0.251 e. The molecule has 1 aromatic carbocycles. The lowest BCUT2D eigenvalue weighted by molar-refractivity contribution is 0.0954. The minimum absolute atomic E-state index is 0.0833. The number of anilines is 1. The van der Waals surface area contributed by atoms with E-state index in [0.717, 1.165) is 19.5 Å². The number of carbonyl (C=O) groups excluding carboxylic acids is 1. The Balaban J connectivity index is 2.48. The molecule has 3 N–H and O–H groups in total. The van der Waals surface area contributed by atoms with E-state index in [4.69, 9.17) is 0 Å². The Morgan fingerprint density at radius 2 is 1.68 bits per heavy atom. The smallest absolute Gasteiger partial charge is 0.251 e. The molecule has 0 radical (unpaired) electrons. The van der Waals surface area contributed by atoms with Crippen molar-refractivity contribution in [1.29, 1.82) is 0 Å². The lowest BCUT2D eigenvalue weighted by Gasteiger charge is -2.09. The third-order valence-corrected chi connectivity index (χ3v) is 4.40. The molecule has 0 atom stereocenters. The van der Waals surface area contributed by atoms with Gasteiger partial charge in [0.1, 0.15) is 0 Å². The van der Waals surface area contributed by atoms with Gasteiger partial charge in [0.05, 0.1) is 5.75 Å². The van der Waals surface area contributed by atoms with Gasteiger partial charge in [-0.2, -0.15) is 0 Å². The van der Waals surface area contributed by atoms with E-state index in [1.165, 1.54) is 0 Å². The molecule has 22 heavy (non-hydrogen) atoms. The van der Waals surface area contributed by atoms with Crippen molar-refractivity contribution >= 4 is 21.6 Å². The molecule has 0 aliphatic carbocycles. The van der Waals surface area contributed by atoms with Crippen LogP contribution in [0.1, 0.15) is 37.0 Å². The van der Waals surface area contributed by atoms with Crippen LogP contribution in [0.5, 0.6) is 0 Å². The first-order valence-corrected chi connectivity index (χ1v) is 9.23. The average Bonchev–Trinajstić information content (AvgIpc) is 2.47. The lowest BCUT2D eigenvalue weighted by Crippen LogP contribution is -2.32. The van der Waals surface area contributed by atoms with E-state index in [0.29, 0.717) is 24.2 Å². The standard InChI is InChI=1S/C15H25N3O3S/c1-3-9-16-10-11-17-15(19)13-5-7-14(8-6-13)18-22(20,21)12-4-2/h5-8,16,18H,3-4,9-12H2,1-2H3,(H,17,19). The molecule has 1 rings (SSSR count). The average molecular weight is 327 g/mol. The zero-order valence-corrected chi connectivity index (χ0v) is 14.0. The van der Waals surface area contributed by atoms with Gasteiger partial charge in [-0.15, -0.1) is 0 Å². The van der Waals surface area contributed by atoms with Crippen molar-refractivity contribution in [2.24, 2.45) is 0 Å². The molecule has 0 bridgehead atoms. The largest absolute Gasteiger partial charge is 0.351 e. The van der Waals surface area contributed by atoms with Crippen LogP contribution in [-0.2, 0) is 10.0 Å². The summed E-state index contributed by atoms with van der Waals surface area (Å²) in [5.41, 5.74) is 0.976. The van der Waals surface area contributed by atoms with Gasteiger partial charge >= 0.3 is 0 Å². The highest BCUT2D eigenvalue weighted by Crippen LogP contribution is 2.11. The molecule has 0 fully saturated rings. The molecule has 1 aromatic rings. The van der Waals surface area contributed by atoms with E-state index in [9.17, 15) is 13.2 Å². The summed E-state index contributed by atoms with van der Waals surface area (Å²) in [6, 6.07) is 6.41. The maximum atomic E-state index is 11.9. The molecular formula is C15H25N3O3S. The number of benzene rings is 1. The van der Waals surface area contributed by atoms with Gasteiger partial charge in [0.2, 0.25) is 10.0 Å². The molecule has 0 heterocycles. The van der Waals surface area contributed by atoms with Crippen molar-refractivity contribution in [3.63, 3.8) is 0 Å². The number of carbonyl (C=O) groups is 1. The van der Waals surface area contributed by atoms with Gasteiger partial charge in [-0.05, 0) is 43.7 Å². The second-order valence-corrected chi connectivity index (χ2v) is 6.85. The Labute approximate surface area is 132 Å². The highest BCUT2D eigenvalue weighted by Gasteiger charge is 2.09. The molecule has 0 aromatic heterocycles. The van der Waals surface area contributed by atoms with Crippen LogP contribution in [0.4, 0.5) is 5.69 Å². The van der Waals surface area contributed by atoms with Gasteiger partial charge in [0, 0.05) is 24.3 Å². The van der Waals surface area contributed by atoms with E-state index in [-0.39, 0.29) is 11.7 Å². The van der Waals surface area contributed by atoms with Crippen LogP contribution in [-0.4, -0.2) is 39.7 Å². The SMILES string of the molecule is CCCNCCNC(=O)c1ccc(NS(=O)(=O)CCC)cc1. The quantitative estimate of drug-likeness (QED) is 0.569. The molecule has 6 nitrogen and oxygen atoms in total. The highest BCUT2D eigenvalue weighted by molar-refractivity contribution is 7.92. The Bertz CT molecular complexity index is 556. The zero-order chi connectivity index (χ0) is 16.4. The van der Waals surface area contributed by atoms with Gasteiger partial charge in [0.25, 0.3) is 5.91 Å². The molecule has 124 valence electrons. The fourth-order valence-corrected chi connectivity index (χ4v) is 2.99. The van der Waals surface area contributed by atoms with Gasteiger partial charge in [-0.3, -0.25) is 9.52 Å². The van der Waals surface area contributed by atoms with Gasteiger partial charge in [0.15, 0.2) is 0 Å². The topological polar surface area (TPSA) is 87.3 Å². The van der Waals surface area contributed by atoms with Crippen molar-refractivity contribution in [2.75, 3.05) is 30.1 Å². The summed E-state index contributed by atoms with van der Waals surface area (Å²) in [6.07, 6.45) is 1.62. The Kier molecular flexibility index (Phi) is 7.90. The fourth-order valence-electron chi connectivity index (χ4n) is 1.86. The van der Waals surface area contributed by atoms with Crippen LogP contribution in [0.15, 0.2) is 24.3 Å². The first kappa shape index (κ1) is 18.4. The van der Waals surface area contributed by atoms with Crippen molar-refractivity contribution < 1.29 is 13.2 Å². The number of amides is 1. The summed E-state index contributed by atoms with van der Waals surface area (Å²) >= 11 is 0. The third kappa shape index (κ3) is 6.91. The zero-order valence-electron chi connectivity index (χ0n) is 13.2. The normalized spacial score (nSPS) is 11.2. The molecule has 0 saturated heterocycles. The lowest BCUT2D eigenvalue weighted by atomic mass is 10.2. The molecular weight excluding hydrogens is 302 g/mol. The minimum atomic E-state index is -3.30. The molecule has 0 saturated carbocycles. The molecule has 0 aliphatic heterocycles.